The molecular weight excluding hydrogens is 238 g/mol. The van der Waals surface area contributed by atoms with Gasteiger partial charge in [0.25, 0.3) is 0 Å². The number of halogens is 1. The molecule has 0 spiro atoms. The number of fused-ring (bicyclic) bond motifs is 1. The third-order valence-corrected chi connectivity index (χ3v) is 3.27. The van der Waals surface area contributed by atoms with E-state index < -0.39 is 0 Å². The summed E-state index contributed by atoms with van der Waals surface area (Å²) < 4.78 is 5.18. The SMILES string of the molecule is C=CC(=O)N1CCc2cc(OC)c(Cl)cc2C1. The third-order valence-electron chi connectivity index (χ3n) is 2.97. The molecule has 17 heavy (non-hydrogen) atoms. The van der Waals surface area contributed by atoms with Crippen LogP contribution in [0.4, 0.5) is 0 Å². The molecule has 0 N–H and O–H groups in total. The maximum absolute atomic E-state index is 11.5. The van der Waals surface area contributed by atoms with Crippen molar-refractivity contribution >= 4 is 17.5 Å². The first-order chi connectivity index (χ1) is 8.15. The molecule has 0 unspecified atom stereocenters. The first kappa shape index (κ1) is 12.0. The molecule has 1 amide bonds. The highest BCUT2D eigenvalue weighted by Gasteiger charge is 2.20. The lowest BCUT2D eigenvalue weighted by Gasteiger charge is -2.28. The van der Waals surface area contributed by atoms with Gasteiger partial charge in [-0.1, -0.05) is 18.2 Å². The van der Waals surface area contributed by atoms with Gasteiger partial charge in [-0.05, 0) is 35.8 Å². The average Bonchev–Trinajstić information content (AvgIpc) is 2.36. The molecule has 1 aliphatic rings. The summed E-state index contributed by atoms with van der Waals surface area (Å²) in [6, 6.07) is 3.83. The average molecular weight is 252 g/mol. The zero-order valence-electron chi connectivity index (χ0n) is 9.70. The second kappa shape index (κ2) is 4.80. The molecule has 1 heterocycles. The van der Waals surface area contributed by atoms with E-state index in [9.17, 15) is 4.79 Å². The Labute approximate surface area is 106 Å². The van der Waals surface area contributed by atoms with Gasteiger partial charge in [0.15, 0.2) is 0 Å². The Morgan fingerprint density at radius 2 is 2.29 bits per heavy atom. The molecule has 0 bridgehead atoms. The molecule has 1 aromatic carbocycles. The van der Waals surface area contributed by atoms with Gasteiger partial charge < -0.3 is 9.64 Å². The van der Waals surface area contributed by atoms with Gasteiger partial charge >= 0.3 is 0 Å². The second-order valence-corrected chi connectivity index (χ2v) is 4.38. The minimum Gasteiger partial charge on any atom is -0.495 e. The van der Waals surface area contributed by atoms with Crippen molar-refractivity contribution in [2.45, 2.75) is 13.0 Å². The summed E-state index contributed by atoms with van der Waals surface area (Å²) in [4.78, 5) is 13.3. The quantitative estimate of drug-likeness (QED) is 0.756. The summed E-state index contributed by atoms with van der Waals surface area (Å²) in [5, 5.41) is 0.583. The van der Waals surface area contributed by atoms with Crippen LogP contribution in [0.1, 0.15) is 11.1 Å². The van der Waals surface area contributed by atoms with Crippen molar-refractivity contribution in [1.29, 1.82) is 0 Å². The minimum absolute atomic E-state index is 0.0393. The van der Waals surface area contributed by atoms with E-state index in [1.165, 1.54) is 11.6 Å². The summed E-state index contributed by atoms with van der Waals surface area (Å²) in [6.07, 6.45) is 2.17. The first-order valence-electron chi connectivity index (χ1n) is 5.42. The lowest BCUT2D eigenvalue weighted by atomic mass is 9.99. The van der Waals surface area contributed by atoms with Crippen molar-refractivity contribution in [1.82, 2.24) is 4.90 Å². The maximum atomic E-state index is 11.5. The van der Waals surface area contributed by atoms with Gasteiger partial charge in [-0.3, -0.25) is 4.79 Å². The molecule has 90 valence electrons. The van der Waals surface area contributed by atoms with E-state index in [1.807, 2.05) is 12.1 Å². The first-order valence-corrected chi connectivity index (χ1v) is 5.80. The number of hydrogen-bond acceptors (Lipinski definition) is 2. The molecule has 3 nitrogen and oxygen atoms in total. The minimum atomic E-state index is -0.0393. The van der Waals surface area contributed by atoms with Crippen LogP contribution in [-0.4, -0.2) is 24.5 Å². The number of carbonyl (C=O) groups excluding carboxylic acids is 1. The van der Waals surface area contributed by atoms with E-state index in [1.54, 1.807) is 12.0 Å². The van der Waals surface area contributed by atoms with Gasteiger partial charge in [-0.25, -0.2) is 0 Å². The molecule has 4 heteroatoms. The van der Waals surface area contributed by atoms with Crippen molar-refractivity contribution in [2.75, 3.05) is 13.7 Å². The van der Waals surface area contributed by atoms with Crippen LogP contribution in [-0.2, 0) is 17.8 Å². The summed E-state index contributed by atoms with van der Waals surface area (Å²) in [5.74, 6) is 0.650. The summed E-state index contributed by atoms with van der Waals surface area (Å²) in [5.41, 5.74) is 2.27. The number of carbonyl (C=O) groups is 1. The standard InChI is InChI=1S/C13H14ClNO2/c1-3-13(16)15-5-4-9-7-12(17-2)11(14)6-10(9)8-15/h3,6-7H,1,4-5,8H2,2H3. The Morgan fingerprint density at radius 3 is 2.94 bits per heavy atom. The normalized spacial score (nSPS) is 14.1. The molecule has 0 fully saturated rings. The lowest BCUT2D eigenvalue weighted by Crippen LogP contribution is -2.34. The second-order valence-electron chi connectivity index (χ2n) is 3.97. The molecule has 0 aromatic heterocycles. The predicted octanol–water partition coefficient (Wildman–Crippen LogP) is 2.42. The van der Waals surface area contributed by atoms with Crippen molar-refractivity contribution in [3.05, 3.63) is 40.9 Å². The van der Waals surface area contributed by atoms with Crippen molar-refractivity contribution in [2.24, 2.45) is 0 Å². The van der Waals surface area contributed by atoms with Crippen LogP contribution in [0.15, 0.2) is 24.8 Å². The molecule has 1 aromatic rings. The molecular formula is C13H14ClNO2. The number of rotatable bonds is 2. The van der Waals surface area contributed by atoms with Gasteiger partial charge in [-0.2, -0.15) is 0 Å². The van der Waals surface area contributed by atoms with Gasteiger partial charge in [-0.15, -0.1) is 0 Å². The topological polar surface area (TPSA) is 29.5 Å². The van der Waals surface area contributed by atoms with Crippen LogP contribution in [0.3, 0.4) is 0 Å². The fourth-order valence-corrected chi connectivity index (χ4v) is 2.29. The van der Waals surface area contributed by atoms with E-state index in [-0.39, 0.29) is 5.91 Å². The largest absolute Gasteiger partial charge is 0.495 e. The highest BCUT2D eigenvalue weighted by atomic mass is 35.5. The van der Waals surface area contributed by atoms with Crippen LogP contribution in [0.5, 0.6) is 5.75 Å². The van der Waals surface area contributed by atoms with Crippen molar-refractivity contribution in [3.63, 3.8) is 0 Å². The van der Waals surface area contributed by atoms with Crippen LogP contribution in [0.2, 0.25) is 5.02 Å². The zero-order valence-corrected chi connectivity index (χ0v) is 10.5. The summed E-state index contributed by atoms with van der Waals surface area (Å²) >= 11 is 6.07. The Bertz CT molecular complexity index is 471. The summed E-state index contributed by atoms with van der Waals surface area (Å²) in [6.45, 7) is 4.80. The number of amides is 1. The van der Waals surface area contributed by atoms with E-state index >= 15 is 0 Å². The Balaban J connectivity index is 2.30. The summed E-state index contributed by atoms with van der Waals surface area (Å²) in [7, 11) is 1.60. The molecule has 2 rings (SSSR count). The van der Waals surface area contributed by atoms with Crippen molar-refractivity contribution in [3.8, 4) is 5.75 Å². The van der Waals surface area contributed by atoms with Crippen LogP contribution < -0.4 is 4.74 Å². The Hall–Kier alpha value is -1.48. The van der Waals surface area contributed by atoms with E-state index in [2.05, 4.69) is 6.58 Å². The molecule has 0 saturated heterocycles. The fraction of sp³-hybridized carbons (Fsp3) is 0.308. The number of ether oxygens (including phenoxy) is 1. The Morgan fingerprint density at radius 1 is 1.53 bits per heavy atom. The number of benzene rings is 1. The lowest BCUT2D eigenvalue weighted by molar-refractivity contribution is -0.126. The van der Waals surface area contributed by atoms with Gasteiger partial charge in [0.1, 0.15) is 5.75 Å². The van der Waals surface area contributed by atoms with E-state index in [4.69, 9.17) is 16.3 Å². The van der Waals surface area contributed by atoms with E-state index in [0.717, 1.165) is 12.0 Å². The highest BCUT2D eigenvalue weighted by molar-refractivity contribution is 6.32. The third kappa shape index (κ3) is 2.29. The molecule has 0 aliphatic carbocycles. The van der Waals surface area contributed by atoms with Crippen LogP contribution >= 0.6 is 11.6 Å². The van der Waals surface area contributed by atoms with Gasteiger partial charge in [0.05, 0.1) is 12.1 Å². The zero-order chi connectivity index (χ0) is 12.4. The van der Waals surface area contributed by atoms with Crippen LogP contribution in [0, 0.1) is 0 Å². The molecule has 0 atom stereocenters. The molecule has 0 radical (unpaired) electrons. The fourth-order valence-electron chi connectivity index (χ4n) is 2.03. The Kier molecular flexibility index (Phi) is 3.38. The van der Waals surface area contributed by atoms with Gasteiger partial charge in [0.2, 0.25) is 5.91 Å². The van der Waals surface area contributed by atoms with Crippen LogP contribution in [0.25, 0.3) is 0 Å². The molecule has 1 aliphatic heterocycles. The predicted molar refractivity (Wildman–Crippen MR) is 67.3 cm³/mol. The smallest absolute Gasteiger partial charge is 0.246 e. The number of hydrogen-bond donors (Lipinski definition) is 0. The maximum Gasteiger partial charge on any atom is 0.246 e. The van der Waals surface area contributed by atoms with Gasteiger partial charge in [0, 0.05) is 13.1 Å². The van der Waals surface area contributed by atoms with E-state index in [0.29, 0.717) is 23.9 Å². The van der Waals surface area contributed by atoms with Crippen molar-refractivity contribution < 1.29 is 9.53 Å². The monoisotopic (exact) mass is 251 g/mol. The number of methoxy groups -OCH3 is 1. The highest BCUT2D eigenvalue weighted by Crippen LogP contribution is 2.31. The molecule has 0 saturated carbocycles. The number of nitrogens with zero attached hydrogens (tertiary/aromatic N) is 1.